The summed E-state index contributed by atoms with van der Waals surface area (Å²) in [6.07, 6.45) is 54.2. The molecule has 0 aliphatic carbocycles. The molecule has 0 aromatic carbocycles. The smallest absolute Gasteiger partial charge is 0.462 e. The van der Waals surface area contributed by atoms with Crippen LogP contribution in [0, 0.1) is 0 Å². The molecule has 0 amide bonds. The van der Waals surface area contributed by atoms with Crippen LogP contribution in [0.15, 0.2) is 97.2 Å². The van der Waals surface area contributed by atoms with Gasteiger partial charge in [-0.15, -0.1) is 0 Å². The molecule has 2 N–H and O–H groups in total. The van der Waals surface area contributed by atoms with Gasteiger partial charge in [-0.3, -0.25) is 14.1 Å². The zero-order chi connectivity index (χ0) is 39.6. The fourth-order valence-electron chi connectivity index (χ4n) is 5.07. The fourth-order valence-corrected chi connectivity index (χ4v) is 5.43. The van der Waals surface area contributed by atoms with Crippen molar-refractivity contribution in [1.29, 1.82) is 0 Å². The average Bonchev–Trinajstić information content (AvgIpc) is 3.14. The highest BCUT2D eigenvalue weighted by molar-refractivity contribution is 7.46. The Labute approximate surface area is 328 Å². The topological polar surface area (TPSA) is 119 Å². The van der Waals surface area contributed by atoms with Crippen molar-refractivity contribution in [3.63, 3.8) is 0 Å². The Bertz CT molecular complexity index is 1190. The van der Waals surface area contributed by atoms with Gasteiger partial charge in [0.25, 0.3) is 0 Å². The number of allylic oxidation sites excluding steroid dienone is 16. The molecule has 306 valence electrons. The lowest BCUT2D eigenvalue weighted by Gasteiger charge is -2.18. The van der Waals surface area contributed by atoms with Crippen LogP contribution in [0.5, 0.6) is 0 Å². The van der Waals surface area contributed by atoms with Crippen LogP contribution in [0.3, 0.4) is 0 Å². The number of carbonyl (C=O) groups is 2. The molecule has 1 atom stereocenters. The van der Waals surface area contributed by atoms with Crippen molar-refractivity contribution < 1.29 is 37.9 Å². The lowest BCUT2D eigenvalue weighted by molar-refractivity contribution is -0.161. The molecule has 0 radical (unpaired) electrons. The SMILES string of the molecule is CC/C=C\C/C=C\C/C=C\C/C=C\C/C=C\C/C=C\CCC(=O)OC[C@H](COP(=O)(O)O)OC(=O)CCCCCCCCC/C=C\C/C=C\CCCCC. The predicted molar refractivity (Wildman–Crippen MR) is 225 cm³/mol. The van der Waals surface area contributed by atoms with Crippen molar-refractivity contribution in [2.45, 2.75) is 161 Å². The molecule has 0 rings (SSSR count). The van der Waals surface area contributed by atoms with Crippen molar-refractivity contribution in [2.75, 3.05) is 13.2 Å². The average molecular weight is 773 g/mol. The van der Waals surface area contributed by atoms with Gasteiger partial charge in [0.15, 0.2) is 6.10 Å². The molecule has 0 aliphatic heterocycles. The Morgan fingerprint density at radius 2 is 0.926 bits per heavy atom. The monoisotopic (exact) mass is 773 g/mol. The summed E-state index contributed by atoms with van der Waals surface area (Å²) in [6.45, 7) is 3.46. The molecular weight excluding hydrogens is 699 g/mol. The van der Waals surface area contributed by atoms with Gasteiger partial charge in [-0.05, 0) is 83.5 Å². The third kappa shape index (κ3) is 41.7. The zero-order valence-electron chi connectivity index (χ0n) is 33.6. The molecule has 0 aromatic rings. The van der Waals surface area contributed by atoms with Crippen LogP contribution in [0.1, 0.15) is 155 Å². The molecule has 0 heterocycles. The van der Waals surface area contributed by atoms with Gasteiger partial charge in [-0.25, -0.2) is 4.57 Å². The summed E-state index contributed by atoms with van der Waals surface area (Å²) < 4.78 is 26.3. The second kappa shape index (κ2) is 39.7. The minimum absolute atomic E-state index is 0.135. The van der Waals surface area contributed by atoms with Crippen molar-refractivity contribution in [2.24, 2.45) is 0 Å². The summed E-state index contributed by atoms with van der Waals surface area (Å²) in [5.41, 5.74) is 0. The maximum atomic E-state index is 12.4. The first kappa shape index (κ1) is 51.0. The molecule has 54 heavy (non-hydrogen) atoms. The molecule has 0 aromatic heterocycles. The number of ether oxygens (including phenoxy) is 2. The number of carbonyl (C=O) groups excluding carboxylic acids is 2. The van der Waals surface area contributed by atoms with E-state index in [2.05, 4.69) is 103 Å². The van der Waals surface area contributed by atoms with Gasteiger partial charge in [0.05, 0.1) is 6.61 Å². The second-order valence-electron chi connectivity index (χ2n) is 13.2. The van der Waals surface area contributed by atoms with E-state index in [-0.39, 0.29) is 19.4 Å². The second-order valence-corrected chi connectivity index (χ2v) is 14.5. The van der Waals surface area contributed by atoms with Crippen LogP contribution in [-0.4, -0.2) is 41.0 Å². The van der Waals surface area contributed by atoms with Crippen LogP contribution in [-0.2, 0) is 28.2 Å². The number of rotatable bonds is 36. The first-order valence-corrected chi connectivity index (χ1v) is 22.1. The van der Waals surface area contributed by atoms with Crippen LogP contribution >= 0.6 is 7.82 Å². The third-order valence-electron chi connectivity index (χ3n) is 8.10. The highest BCUT2D eigenvalue weighted by atomic mass is 31.2. The van der Waals surface area contributed by atoms with E-state index in [0.717, 1.165) is 70.6 Å². The highest BCUT2D eigenvalue weighted by Gasteiger charge is 2.22. The van der Waals surface area contributed by atoms with Crippen LogP contribution in [0.2, 0.25) is 0 Å². The number of phosphoric acid groups is 1. The number of hydrogen-bond donors (Lipinski definition) is 2. The largest absolute Gasteiger partial charge is 0.469 e. The Balaban J connectivity index is 4.09. The molecule has 0 fully saturated rings. The minimum atomic E-state index is -4.78. The molecule has 0 bridgehead atoms. The minimum Gasteiger partial charge on any atom is -0.462 e. The van der Waals surface area contributed by atoms with Crippen molar-refractivity contribution in [3.8, 4) is 0 Å². The van der Waals surface area contributed by atoms with E-state index < -0.39 is 32.5 Å². The summed E-state index contributed by atoms with van der Waals surface area (Å²) in [6, 6.07) is 0. The van der Waals surface area contributed by atoms with Gasteiger partial charge >= 0.3 is 19.8 Å². The van der Waals surface area contributed by atoms with Crippen molar-refractivity contribution in [1.82, 2.24) is 0 Å². The summed E-state index contributed by atoms with van der Waals surface area (Å²) in [7, 11) is -4.78. The Morgan fingerprint density at radius 3 is 1.41 bits per heavy atom. The molecule has 0 saturated carbocycles. The lowest BCUT2D eigenvalue weighted by Crippen LogP contribution is -2.29. The summed E-state index contributed by atoms with van der Waals surface area (Å²) in [5, 5.41) is 0. The maximum Gasteiger partial charge on any atom is 0.469 e. The summed E-state index contributed by atoms with van der Waals surface area (Å²) in [4.78, 5) is 42.8. The normalized spacial score (nSPS) is 13.5. The summed E-state index contributed by atoms with van der Waals surface area (Å²) >= 11 is 0. The maximum absolute atomic E-state index is 12.4. The molecular formula is C45H73O8P. The molecule has 0 aliphatic rings. The van der Waals surface area contributed by atoms with Gasteiger partial charge in [-0.2, -0.15) is 0 Å². The van der Waals surface area contributed by atoms with Crippen LogP contribution in [0.4, 0.5) is 0 Å². The zero-order valence-corrected chi connectivity index (χ0v) is 34.5. The van der Waals surface area contributed by atoms with E-state index in [4.69, 9.17) is 19.3 Å². The molecule has 0 spiro atoms. The van der Waals surface area contributed by atoms with Gasteiger partial charge in [0, 0.05) is 12.8 Å². The number of hydrogen-bond acceptors (Lipinski definition) is 6. The first-order valence-electron chi connectivity index (χ1n) is 20.5. The van der Waals surface area contributed by atoms with Gasteiger partial charge in [0.2, 0.25) is 0 Å². The van der Waals surface area contributed by atoms with Crippen molar-refractivity contribution >= 4 is 19.8 Å². The fraction of sp³-hybridized carbons (Fsp3) is 0.600. The Hall–Kier alpha value is -3.03. The van der Waals surface area contributed by atoms with Gasteiger partial charge in [0.1, 0.15) is 6.61 Å². The highest BCUT2D eigenvalue weighted by Crippen LogP contribution is 2.36. The van der Waals surface area contributed by atoms with Crippen LogP contribution < -0.4 is 0 Å². The standard InChI is InChI=1S/C45H73O8P/c1-3-5-7-9-11-13-15-17-19-21-22-24-25-27-29-31-33-35-37-39-44(46)51-41-43(42-52-54(48,49)50)53-45(47)40-38-36-34-32-30-28-26-23-20-18-16-14-12-10-8-6-4-2/h5,7,11-14,17-20,22,24,27,29,33,35,43H,3-4,6,8-10,15-16,21,23,25-26,28,30-32,34,36-42H2,1-2H3,(H2,48,49,50)/b7-5-,13-11-,14-12-,19-17-,20-18-,24-22-,29-27-,35-33-/t43-/m1/s1. The summed E-state index contributed by atoms with van der Waals surface area (Å²) in [5.74, 6) is -1.00. The van der Waals surface area contributed by atoms with Gasteiger partial charge in [-0.1, -0.05) is 156 Å². The van der Waals surface area contributed by atoms with Crippen LogP contribution in [0.25, 0.3) is 0 Å². The molecule has 8 nitrogen and oxygen atoms in total. The van der Waals surface area contributed by atoms with E-state index in [9.17, 15) is 14.2 Å². The van der Waals surface area contributed by atoms with Crippen molar-refractivity contribution in [3.05, 3.63) is 97.2 Å². The lowest BCUT2D eigenvalue weighted by atomic mass is 10.1. The molecule has 0 saturated heterocycles. The Kier molecular flexibility index (Phi) is 37.4. The molecule has 0 unspecified atom stereocenters. The van der Waals surface area contributed by atoms with E-state index >= 15 is 0 Å². The van der Waals surface area contributed by atoms with E-state index in [1.165, 1.54) is 44.9 Å². The predicted octanol–water partition coefficient (Wildman–Crippen LogP) is 12.6. The number of unbranched alkanes of at least 4 members (excludes halogenated alkanes) is 10. The number of esters is 2. The quantitative estimate of drug-likeness (QED) is 0.0280. The first-order chi connectivity index (χ1) is 26.3. The molecule has 9 heteroatoms. The van der Waals surface area contributed by atoms with Gasteiger partial charge < -0.3 is 19.3 Å². The van der Waals surface area contributed by atoms with E-state index in [1.54, 1.807) is 0 Å². The Morgan fingerprint density at radius 1 is 0.500 bits per heavy atom. The third-order valence-corrected chi connectivity index (χ3v) is 8.59. The number of phosphoric ester groups is 1. The van der Waals surface area contributed by atoms with E-state index in [1.807, 2.05) is 12.2 Å². The van der Waals surface area contributed by atoms with E-state index in [0.29, 0.717) is 12.8 Å².